The molecule has 1 amide bonds. The molecule has 1 fully saturated rings. The topological polar surface area (TPSA) is 84.3 Å². The van der Waals surface area contributed by atoms with Crippen LogP contribution in [0.5, 0.6) is 5.75 Å². The maximum atomic E-state index is 12.8. The van der Waals surface area contributed by atoms with Gasteiger partial charge in [0.1, 0.15) is 5.75 Å². The van der Waals surface area contributed by atoms with Gasteiger partial charge in [-0.15, -0.1) is 0 Å². The number of halogens is 3. The summed E-state index contributed by atoms with van der Waals surface area (Å²) in [7, 11) is 0. The molecule has 2 N–H and O–H groups in total. The molecule has 1 aliphatic rings. The first-order chi connectivity index (χ1) is 13.3. The number of hydrogen-bond donors (Lipinski definition) is 2. The van der Waals surface area contributed by atoms with Crippen molar-refractivity contribution in [1.29, 1.82) is 0 Å². The standard InChI is InChI=1S/C19H20F3N3O3/c1-11-8-13(19(20,21)22)9-16(26)17(11)15-3-2-14(24-25-15)10-23-18(27)12-4-6-28-7-5-12/h2-3,8-9,12,26H,4-7,10H2,1H3,(H,23,27). The largest absolute Gasteiger partial charge is 0.507 e. The van der Waals surface area contributed by atoms with Crippen molar-refractivity contribution >= 4 is 5.91 Å². The van der Waals surface area contributed by atoms with E-state index in [2.05, 4.69) is 15.5 Å². The van der Waals surface area contributed by atoms with Gasteiger partial charge < -0.3 is 15.2 Å². The minimum atomic E-state index is -4.54. The number of rotatable bonds is 4. The Balaban J connectivity index is 1.70. The number of phenolic OH excluding ortho intramolecular Hbond substituents is 1. The van der Waals surface area contributed by atoms with Crippen LogP contribution in [0.15, 0.2) is 24.3 Å². The van der Waals surface area contributed by atoms with Crippen molar-refractivity contribution in [1.82, 2.24) is 15.5 Å². The summed E-state index contributed by atoms with van der Waals surface area (Å²) < 4.78 is 43.7. The summed E-state index contributed by atoms with van der Waals surface area (Å²) in [5, 5.41) is 20.8. The Kier molecular flexibility index (Phi) is 5.83. The molecule has 1 aromatic carbocycles. The average molecular weight is 395 g/mol. The summed E-state index contributed by atoms with van der Waals surface area (Å²) in [4.78, 5) is 12.1. The molecule has 150 valence electrons. The number of aromatic hydroxyl groups is 1. The predicted molar refractivity (Wildman–Crippen MR) is 94.3 cm³/mol. The highest BCUT2D eigenvalue weighted by molar-refractivity contribution is 5.78. The number of aryl methyl sites for hydroxylation is 1. The Morgan fingerprint density at radius 1 is 1.25 bits per heavy atom. The first-order valence-electron chi connectivity index (χ1n) is 8.85. The van der Waals surface area contributed by atoms with Crippen LogP contribution < -0.4 is 5.32 Å². The van der Waals surface area contributed by atoms with E-state index in [9.17, 15) is 23.1 Å². The fraction of sp³-hybridized carbons (Fsp3) is 0.421. The van der Waals surface area contributed by atoms with Gasteiger partial charge in [0.25, 0.3) is 0 Å². The van der Waals surface area contributed by atoms with E-state index < -0.39 is 17.5 Å². The zero-order valence-corrected chi connectivity index (χ0v) is 15.2. The molecule has 3 rings (SSSR count). The van der Waals surface area contributed by atoms with E-state index in [4.69, 9.17) is 4.74 Å². The number of benzene rings is 1. The highest BCUT2D eigenvalue weighted by Gasteiger charge is 2.32. The normalized spacial score (nSPS) is 15.4. The van der Waals surface area contributed by atoms with Gasteiger partial charge in [-0.25, -0.2) is 0 Å². The fourth-order valence-corrected chi connectivity index (χ4v) is 3.13. The summed E-state index contributed by atoms with van der Waals surface area (Å²) in [6, 6.07) is 4.80. The van der Waals surface area contributed by atoms with Crippen molar-refractivity contribution in [3.05, 3.63) is 41.1 Å². The third-order valence-electron chi connectivity index (χ3n) is 4.65. The van der Waals surface area contributed by atoms with Crippen LogP contribution in [0.25, 0.3) is 11.3 Å². The molecule has 0 atom stereocenters. The van der Waals surface area contributed by atoms with Gasteiger partial charge in [0, 0.05) is 24.7 Å². The molecule has 28 heavy (non-hydrogen) atoms. The Morgan fingerprint density at radius 2 is 1.96 bits per heavy atom. The average Bonchev–Trinajstić information content (AvgIpc) is 2.66. The summed E-state index contributed by atoms with van der Waals surface area (Å²) >= 11 is 0. The van der Waals surface area contributed by atoms with E-state index in [1.165, 1.54) is 6.92 Å². The van der Waals surface area contributed by atoms with Gasteiger partial charge in [-0.05, 0) is 49.6 Å². The van der Waals surface area contributed by atoms with Gasteiger partial charge in [-0.3, -0.25) is 4.79 Å². The summed E-state index contributed by atoms with van der Waals surface area (Å²) in [5.41, 5.74) is 0.267. The van der Waals surface area contributed by atoms with Gasteiger partial charge in [0.15, 0.2) is 0 Å². The van der Waals surface area contributed by atoms with Crippen LogP contribution >= 0.6 is 0 Å². The van der Waals surface area contributed by atoms with E-state index in [1.54, 1.807) is 12.1 Å². The highest BCUT2D eigenvalue weighted by atomic mass is 19.4. The molecule has 0 bridgehead atoms. The lowest BCUT2D eigenvalue weighted by Gasteiger charge is -2.21. The van der Waals surface area contributed by atoms with Crippen LogP contribution in [0.4, 0.5) is 13.2 Å². The van der Waals surface area contributed by atoms with Crippen molar-refractivity contribution in [3.8, 4) is 17.0 Å². The minimum absolute atomic E-state index is 0.0644. The van der Waals surface area contributed by atoms with Crippen LogP contribution in [0.1, 0.15) is 29.7 Å². The van der Waals surface area contributed by atoms with Crippen molar-refractivity contribution in [2.75, 3.05) is 13.2 Å². The molecule has 1 aromatic heterocycles. The molecule has 1 aliphatic heterocycles. The second-order valence-electron chi connectivity index (χ2n) is 6.70. The SMILES string of the molecule is Cc1cc(C(F)(F)F)cc(O)c1-c1ccc(CNC(=O)C2CCOCC2)nn1. The van der Waals surface area contributed by atoms with E-state index in [0.717, 1.165) is 6.07 Å². The van der Waals surface area contributed by atoms with Crippen molar-refractivity contribution in [3.63, 3.8) is 0 Å². The van der Waals surface area contributed by atoms with Crippen LogP contribution in [-0.4, -0.2) is 34.4 Å². The Labute approximate surface area is 159 Å². The number of phenols is 1. The zero-order chi connectivity index (χ0) is 20.3. The Bertz CT molecular complexity index is 825. The van der Waals surface area contributed by atoms with Crippen LogP contribution in [0.3, 0.4) is 0 Å². The summed E-state index contributed by atoms with van der Waals surface area (Å²) in [6.07, 6.45) is -3.18. The van der Waals surface area contributed by atoms with Crippen molar-refractivity contribution < 1.29 is 27.8 Å². The molecule has 9 heteroatoms. The molecule has 2 aromatic rings. The summed E-state index contributed by atoms with van der Waals surface area (Å²) in [6.45, 7) is 2.81. The van der Waals surface area contributed by atoms with Gasteiger partial charge in [0.2, 0.25) is 5.91 Å². The molecule has 0 unspecified atom stereocenters. The summed E-state index contributed by atoms with van der Waals surface area (Å²) in [5.74, 6) is -0.652. The van der Waals surface area contributed by atoms with Crippen LogP contribution in [0.2, 0.25) is 0 Å². The second kappa shape index (κ2) is 8.14. The maximum Gasteiger partial charge on any atom is 0.416 e. The van der Waals surface area contributed by atoms with Gasteiger partial charge in [0.05, 0.1) is 23.5 Å². The molecule has 1 saturated heterocycles. The van der Waals surface area contributed by atoms with Gasteiger partial charge >= 0.3 is 6.18 Å². The number of ether oxygens (including phenoxy) is 1. The number of amides is 1. The van der Waals surface area contributed by atoms with E-state index in [0.29, 0.717) is 37.8 Å². The second-order valence-corrected chi connectivity index (χ2v) is 6.70. The first kappa shape index (κ1) is 20.1. The maximum absolute atomic E-state index is 12.8. The Hall–Kier alpha value is -2.68. The lowest BCUT2D eigenvalue weighted by Crippen LogP contribution is -2.34. The number of aromatic nitrogens is 2. The Morgan fingerprint density at radius 3 is 2.54 bits per heavy atom. The molecule has 0 radical (unpaired) electrons. The monoisotopic (exact) mass is 395 g/mol. The molecule has 0 spiro atoms. The lowest BCUT2D eigenvalue weighted by atomic mass is 9.99. The third kappa shape index (κ3) is 4.59. The number of carbonyl (C=O) groups excluding carboxylic acids is 1. The van der Waals surface area contributed by atoms with Crippen molar-refractivity contribution in [2.45, 2.75) is 32.5 Å². The number of alkyl halides is 3. The molecule has 6 nitrogen and oxygen atoms in total. The van der Waals surface area contributed by atoms with Crippen LogP contribution in [-0.2, 0) is 22.3 Å². The smallest absolute Gasteiger partial charge is 0.416 e. The molecule has 0 saturated carbocycles. The molecular weight excluding hydrogens is 375 g/mol. The number of hydrogen-bond acceptors (Lipinski definition) is 5. The quantitative estimate of drug-likeness (QED) is 0.831. The van der Waals surface area contributed by atoms with Gasteiger partial charge in [-0.1, -0.05) is 0 Å². The van der Waals surface area contributed by atoms with E-state index in [1.807, 2.05) is 0 Å². The number of nitrogens with zero attached hydrogens (tertiary/aromatic N) is 2. The van der Waals surface area contributed by atoms with Crippen molar-refractivity contribution in [2.24, 2.45) is 5.92 Å². The van der Waals surface area contributed by atoms with E-state index >= 15 is 0 Å². The molecule has 2 heterocycles. The molecule has 0 aliphatic carbocycles. The predicted octanol–water partition coefficient (Wildman–Crippen LogP) is 3.22. The van der Waals surface area contributed by atoms with Crippen LogP contribution in [0, 0.1) is 12.8 Å². The van der Waals surface area contributed by atoms with Gasteiger partial charge in [-0.2, -0.15) is 23.4 Å². The zero-order valence-electron chi connectivity index (χ0n) is 15.2. The highest BCUT2D eigenvalue weighted by Crippen LogP contribution is 2.38. The lowest BCUT2D eigenvalue weighted by molar-refractivity contribution is -0.137. The third-order valence-corrected chi connectivity index (χ3v) is 4.65. The number of nitrogens with one attached hydrogen (secondary N) is 1. The molecular formula is C19H20F3N3O3. The minimum Gasteiger partial charge on any atom is -0.507 e. The van der Waals surface area contributed by atoms with E-state index in [-0.39, 0.29) is 35.2 Å². The first-order valence-corrected chi connectivity index (χ1v) is 8.85. The fourth-order valence-electron chi connectivity index (χ4n) is 3.13. The number of carbonyl (C=O) groups is 1.